The van der Waals surface area contributed by atoms with Gasteiger partial charge >= 0.3 is 5.97 Å². The summed E-state index contributed by atoms with van der Waals surface area (Å²) in [5.74, 6) is -0.254. The minimum atomic E-state index is -0.994. The number of aromatic carboxylic acids is 1. The van der Waals surface area contributed by atoms with Crippen LogP contribution in [0, 0.1) is 6.92 Å². The Balaban J connectivity index is 1.49. The van der Waals surface area contributed by atoms with Crippen molar-refractivity contribution in [1.29, 1.82) is 0 Å². The van der Waals surface area contributed by atoms with Gasteiger partial charge < -0.3 is 19.9 Å². The molecule has 3 aromatic carbocycles. The number of benzene rings is 3. The maximum absolute atomic E-state index is 12.5. The standard InChI is InChI=1S/C26H21ClN2O5S/c1-15-6-8-19(27)13-20(15)28-26-29-24(30)23(35-26)12-16-7-9-21(22(11-16)33-2)34-14-17-4-3-5-18(10-17)25(31)32/h3-13H,14H2,1-2H3,(H,31,32)(H,28,29,30)/b23-12-. The molecule has 0 saturated carbocycles. The summed E-state index contributed by atoms with van der Waals surface area (Å²) in [7, 11) is 1.53. The average molecular weight is 509 g/mol. The number of amides is 1. The van der Waals surface area contributed by atoms with E-state index in [2.05, 4.69) is 10.3 Å². The molecule has 0 radical (unpaired) electrons. The summed E-state index contributed by atoms with van der Waals surface area (Å²) in [6.07, 6.45) is 1.75. The van der Waals surface area contributed by atoms with E-state index in [1.54, 1.807) is 48.5 Å². The van der Waals surface area contributed by atoms with E-state index in [1.807, 2.05) is 19.1 Å². The third-order valence-corrected chi connectivity index (χ3v) is 6.24. The summed E-state index contributed by atoms with van der Waals surface area (Å²) in [6.45, 7) is 2.10. The van der Waals surface area contributed by atoms with E-state index in [4.69, 9.17) is 26.2 Å². The van der Waals surface area contributed by atoms with Gasteiger partial charge in [-0.25, -0.2) is 9.79 Å². The Hall–Kier alpha value is -3.75. The Morgan fingerprint density at radius 3 is 2.74 bits per heavy atom. The van der Waals surface area contributed by atoms with E-state index in [1.165, 1.54) is 24.9 Å². The molecule has 4 rings (SSSR count). The van der Waals surface area contributed by atoms with Gasteiger partial charge in [-0.05, 0) is 77.9 Å². The van der Waals surface area contributed by atoms with Crippen LogP contribution in [0.2, 0.25) is 5.02 Å². The van der Waals surface area contributed by atoms with Gasteiger partial charge in [-0.3, -0.25) is 4.79 Å². The first-order chi connectivity index (χ1) is 16.8. The summed E-state index contributed by atoms with van der Waals surface area (Å²) >= 11 is 7.30. The molecule has 9 heteroatoms. The summed E-state index contributed by atoms with van der Waals surface area (Å²) in [6, 6.07) is 17.3. The van der Waals surface area contributed by atoms with E-state index in [-0.39, 0.29) is 18.1 Å². The Kier molecular flexibility index (Phi) is 7.43. The number of nitrogens with zero attached hydrogens (tertiary/aromatic N) is 1. The molecule has 3 aromatic rings. The molecule has 1 saturated heterocycles. The van der Waals surface area contributed by atoms with Crippen molar-refractivity contribution in [3.05, 3.63) is 92.8 Å². The molecule has 1 fully saturated rings. The number of aryl methyl sites for hydroxylation is 1. The number of rotatable bonds is 7. The molecule has 2 N–H and O–H groups in total. The summed E-state index contributed by atoms with van der Waals surface area (Å²) in [5, 5.41) is 13.0. The van der Waals surface area contributed by atoms with Crippen LogP contribution in [0.4, 0.5) is 5.69 Å². The molecule has 0 atom stereocenters. The molecule has 7 nitrogen and oxygen atoms in total. The van der Waals surface area contributed by atoms with Crippen LogP contribution < -0.4 is 14.8 Å². The predicted molar refractivity (Wildman–Crippen MR) is 138 cm³/mol. The largest absolute Gasteiger partial charge is 0.493 e. The van der Waals surface area contributed by atoms with Gasteiger partial charge in [0.1, 0.15) is 6.61 Å². The zero-order valence-corrected chi connectivity index (χ0v) is 20.4. The van der Waals surface area contributed by atoms with Gasteiger partial charge in [0.15, 0.2) is 16.7 Å². The van der Waals surface area contributed by atoms with Gasteiger partial charge in [0.05, 0.1) is 23.3 Å². The molecule has 35 heavy (non-hydrogen) atoms. The number of thioether (sulfide) groups is 1. The lowest BCUT2D eigenvalue weighted by Crippen LogP contribution is -2.19. The molecule has 0 spiro atoms. The van der Waals surface area contributed by atoms with Gasteiger partial charge in [0, 0.05) is 5.02 Å². The van der Waals surface area contributed by atoms with Crippen LogP contribution in [0.25, 0.3) is 6.08 Å². The van der Waals surface area contributed by atoms with Crippen molar-refractivity contribution in [2.24, 2.45) is 4.99 Å². The van der Waals surface area contributed by atoms with E-state index in [0.717, 1.165) is 16.7 Å². The summed E-state index contributed by atoms with van der Waals surface area (Å²) in [5.41, 5.74) is 3.31. The maximum atomic E-state index is 12.5. The van der Waals surface area contributed by atoms with Crippen molar-refractivity contribution >= 4 is 52.2 Å². The smallest absolute Gasteiger partial charge is 0.335 e. The number of carboxylic acids is 1. The molecule has 1 aliphatic rings. The molecule has 1 aliphatic heterocycles. The highest BCUT2D eigenvalue weighted by atomic mass is 35.5. The number of halogens is 1. The maximum Gasteiger partial charge on any atom is 0.335 e. The third-order valence-electron chi connectivity index (χ3n) is 5.10. The minimum absolute atomic E-state index is 0.179. The first kappa shape index (κ1) is 24.4. The minimum Gasteiger partial charge on any atom is -0.493 e. The number of aliphatic imine (C=N–C) groups is 1. The lowest BCUT2D eigenvalue weighted by molar-refractivity contribution is -0.115. The quantitative estimate of drug-likeness (QED) is 0.390. The van der Waals surface area contributed by atoms with Crippen LogP contribution in [0.1, 0.15) is 27.0 Å². The van der Waals surface area contributed by atoms with E-state index in [0.29, 0.717) is 32.3 Å². The van der Waals surface area contributed by atoms with Crippen molar-refractivity contribution in [2.45, 2.75) is 13.5 Å². The predicted octanol–water partition coefficient (Wildman–Crippen LogP) is 5.83. The molecule has 0 unspecified atom stereocenters. The third kappa shape index (κ3) is 6.03. The van der Waals surface area contributed by atoms with Crippen molar-refractivity contribution in [2.75, 3.05) is 7.11 Å². The second-order valence-electron chi connectivity index (χ2n) is 7.62. The molecule has 0 aromatic heterocycles. The van der Waals surface area contributed by atoms with E-state index in [9.17, 15) is 9.59 Å². The highest BCUT2D eigenvalue weighted by molar-refractivity contribution is 8.18. The Morgan fingerprint density at radius 2 is 1.97 bits per heavy atom. The van der Waals surface area contributed by atoms with Crippen LogP contribution in [0.3, 0.4) is 0 Å². The number of nitrogens with one attached hydrogen (secondary N) is 1. The van der Waals surface area contributed by atoms with Crippen molar-refractivity contribution < 1.29 is 24.2 Å². The van der Waals surface area contributed by atoms with Gasteiger partial charge in [-0.15, -0.1) is 0 Å². The monoisotopic (exact) mass is 508 g/mol. The zero-order valence-electron chi connectivity index (χ0n) is 18.9. The number of ether oxygens (including phenoxy) is 2. The highest BCUT2D eigenvalue weighted by Gasteiger charge is 2.24. The summed E-state index contributed by atoms with van der Waals surface area (Å²) < 4.78 is 11.3. The molecule has 178 valence electrons. The topological polar surface area (TPSA) is 97.2 Å². The van der Waals surface area contributed by atoms with Gasteiger partial charge in [0.2, 0.25) is 0 Å². The number of carbonyl (C=O) groups is 2. The fourth-order valence-electron chi connectivity index (χ4n) is 3.29. The Labute approximate surface area is 211 Å². The number of hydrogen-bond donors (Lipinski definition) is 2. The average Bonchev–Trinajstić information content (AvgIpc) is 3.18. The van der Waals surface area contributed by atoms with Crippen molar-refractivity contribution in [3.63, 3.8) is 0 Å². The van der Waals surface area contributed by atoms with Crippen LogP contribution in [-0.4, -0.2) is 29.3 Å². The van der Waals surface area contributed by atoms with E-state index < -0.39 is 5.97 Å². The van der Waals surface area contributed by atoms with Crippen LogP contribution >= 0.6 is 23.4 Å². The van der Waals surface area contributed by atoms with E-state index >= 15 is 0 Å². The first-order valence-electron chi connectivity index (χ1n) is 10.5. The Bertz CT molecular complexity index is 1370. The highest BCUT2D eigenvalue weighted by Crippen LogP contribution is 2.33. The number of amidine groups is 1. The van der Waals surface area contributed by atoms with Crippen LogP contribution in [0.5, 0.6) is 11.5 Å². The van der Waals surface area contributed by atoms with Gasteiger partial charge in [0.25, 0.3) is 5.91 Å². The number of methoxy groups -OCH3 is 1. The molecule has 0 aliphatic carbocycles. The lowest BCUT2D eigenvalue weighted by atomic mass is 10.1. The first-order valence-corrected chi connectivity index (χ1v) is 11.7. The molecule has 1 amide bonds. The number of hydrogen-bond acceptors (Lipinski definition) is 6. The summed E-state index contributed by atoms with van der Waals surface area (Å²) in [4.78, 5) is 28.7. The van der Waals surface area contributed by atoms with Gasteiger partial charge in [-0.1, -0.05) is 35.9 Å². The normalized spacial score (nSPS) is 15.3. The molecular formula is C26H21ClN2O5S. The second kappa shape index (κ2) is 10.7. The lowest BCUT2D eigenvalue weighted by Gasteiger charge is -2.12. The van der Waals surface area contributed by atoms with Crippen molar-refractivity contribution in [3.8, 4) is 11.5 Å². The fraction of sp³-hybridized carbons (Fsp3) is 0.115. The number of carboxylic acid groups (broad SMARTS) is 1. The van der Waals surface area contributed by atoms with Gasteiger partial charge in [-0.2, -0.15) is 0 Å². The second-order valence-corrected chi connectivity index (χ2v) is 9.08. The van der Waals surface area contributed by atoms with Crippen LogP contribution in [0.15, 0.2) is 70.6 Å². The Morgan fingerprint density at radius 1 is 1.14 bits per heavy atom. The number of carbonyl (C=O) groups excluding carboxylic acids is 1. The molecule has 1 heterocycles. The fourth-order valence-corrected chi connectivity index (χ4v) is 4.29. The molecule has 0 bridgehead atoms. The molecular weight excluding hydrogens is 488 g/mol. The van der Waals surface area contributed by atoms with Crippen LogP contribution in [-0.2, 0) is 11.4 Å². The zero-order chi connectivity index (χ0) is 24.9. The van der Waals surface area contributed by atoms with Crippen molar-refractivity contribution in [1.82, 2.24) is 5.32 Å². The SMILES string of the molecule is COc1cc(/C=C2\SC(=Nc3cc(Cl)ccc3C)NC2=O)ccc1OCc1cccc(C(=O)O)c1.